The number of piperazine rings is 1. The van der Waals surface area contributed by atoms with Crippen molar-refractivity contribution in [3.05, 3.63) is 23.8 Å². The minimum Gasteiger partial charge on any atom is -0.367 e. The van der Waals surface area contributed by atoms with Crippen LogP contribution in [0.5, 0.6) is 0 Å². The Morgan fingerprint density at radius 3 is 3.05 bits per heavy atom. The Kier molecular flexibility index (Phi) is 4.26. The van der Waals surface area contributed by atoms with Crippen LogP contribution in [0.15, 0.2) is 23.1 Å². The van der Waals surface area contributed by atoms with Crippen LogP contribution in [0, 0.1) is 0 Å². The topological polar surface area (TPSA) is 61.6 Å². The molecule has 2 aliphatic rings. The van der Waals surface area contributed by atoms with Crippen molar-refractivity contribution in [3.63, 3.8) is 0 Å². The first-order valence-corrected chi connectivity index (χ1v) is 8.47. The number of anilines is 1. The van der Waals surface area contributed by atoms with E-state index in [1.54, 1.807) is 0 Å². The number of carbonyl (C=O) groups is 1. The van der Waals surface area contributed by atoms with Gasteiger partial charge in [0.1, 0.15) is 0 Å². The van der Waals surface area contributed by atoms with Gasteiger partial charge in [-0.25, -0.2) is 4.79 Å². The van der Waals surface area contributed by atoms with Gasteiger partial charge in [-0.15, -0.1) is 11.8 Å². The summed E-state index contributed by atoms with van der Waals surface area (Å²) < 4.78 is 0. The van der Waals surface area contributed by atoms with Crippen molar-refractivity contribution in [1.29, 1.82) is 0 Å². The van der Waals surface area contributed by atoms with Crippen molar-refractivity contribution in [2.75, 3.05) is 36.8 Å². The van der Waals surface area contributed by atoms with E-state index >= 15 is 0 Å². The third-order valence-corrected chi connectivity index (χ3v) is 5.17. The van der Waals surface area contributed by atoms with Crippen LogP contribution in [-0.2, 0) is 6.54 Å². The summed E-state index contributed by atoms with van der Waals surface area (Å²) in [5.41, 5.74) is 8.46. The summed E-state index contributed by atoms with van der Waals surface area (Å²) in [6.07, 6.45) is 0. The lowest BCUT2D eigenvalue weighted by atomic mass is 10.1. The molecule has 114 valence electrons. The van der Waals surface area contributed by atoms with E-state index in [9.17, 15) is 4.79 Å². The lowest BCUT2D eigenvalue weighted by Crippen LogP contribution is -2.52. The van der Waals surface area contributed by atoms with Gasteiger partial charge in [0, 0.05) is 48.9 Å². The molecular weight excluding hydrogens is 284 g/mol. The molecule has 1 unspecified atom stereocenters. The number of nitrogens with one attached hydrogen (secondary N) is 1. The lowest BCUT2D eigenvalue weighted by molar-refractivity contribution is 0.197. The van der Waals surface area contributed by atoms with Gasteiger partial charge >= 0.3 is 6.03 Å². The maximum atomic E-state index is 11.7. The zero-order valence-electron chi connectivity index (χ0n) is 12.3. The molecule has 0 spiro atoms. The van der Waals surface area contributed by atoms with Gasteiger partial charge in [0.05, 0.1) is 6.04 Å². The van der Waals surface area contributed by atoms with Crippen molar-refractivity contribution in [2.45, 2.75) is 24.4 Å². The maximum Gasteiger partial charge on any atom is 0.317 e. The monoisotopic (exact) mass is 306 g/mol. The number of urea groups is 1. The van der Waals surface area contributed by atoms with Gasteiger partial charge < -0.3 is 20.9 Å². The third-order valence-electron chi connectivity index (χ3n) is 4.19. The summed E-state index contributed by atoms with van der Waals surface area (Å²) in [6, 6.07) is 6.77. The Morgan fingerprint density at radius 1 is 1.43 bits per heavy atom. The van der Waals surface area contributed by atoms with Crippen molar-refractivity contribution >= 4 is 23.5 Å². The first kappa shape index (κ1) is 14.5. The van der Waals surface area contributed by atoms with Crippen LogP contribution in [0.1, 0.15) is 12.5 Å². The molecule has 1 atom stereocenters. The third kappa shape index (κ3) is 2.70. The molecule has 1 aromatic carbocycles. The molecule has 0 aliphatic carbocycles. The number of hydrogen-bond acceptors (Lipinski definition) is 4. The second-order valence-corrected chi connectivity index (χ2v) is 6.68. The van der Waals surface area contributed by atoms with Gasteiger partial charge in [0.2, 0.25) is 0 Å². The van der Waals surface area contributed by atoms with Crippen molar-refractivity contribution < 1.29 is 4.79 Å². The summed E-state index contributed by atoms with van der Waals surface area (Å²) in [4.78, 5) is 17.3. The molecule has 2 heterocycles. The first-order valence-electron chi connectivity index (χ1n) is 7.48. The maximum absolute atomic E-state index is 11.7. The van der Waals surface area contributed by atoms with E-state index in [0.29, 0.717) is 6.54 Å². The van der Waals surface area contributed by atoms with Crippen molar-refractivity contribution in [3.8, 4) is 0 Å². The molecule has 3 rings (SSSR count). The number of nitrogens with zero attached hydrogens (tertiary/aromatic N) is 2. The minimum atomic E-state index is 0.0778. The van der Waals surface area contributed by atoms with E-state index in [-0.39, 0.29) is 12.1 Å². The van der Waals surface area contributed by atoms with E-state index in [0.717, 1.165) is 31.9 Å². The second kappa shape index (κ2) is 6.15. The van der Waals surface area contributed by atoms with Gasteiger partial charge in [-0.3, -0.25) is 0 Å². The molecule has 2 saturated heterocycles. The Balaban J connectivity index is 1.84. The molecule has 2 aliphatic heterocycles. The number of hydrogen-bond donors (Lipinski definition) is 2. The summed E-state index contributed by atoms with van der Waals surface area (Å²) in [6.45, 7) is 6.00. The second-order valence-electron chi connectivity index (χ2n) is 5.37. The highest BCUT2D eigenvalue weighted by Gasteiger charge is 2.35. The largest absolute Gasteiger partial charge is 0.367 e. The molecule has 0 saturated carbocycles. The van der Waals surface area contributed by atoms with Crippen LogP contribution in [0.3, 0.4) is 0 Å². The van der Waals surface area contributed by atoms with Gasteiger partial charge in [0.25, 0.3) is 0 Å². The van der Waals surface area contributed by atoms with Crippen LogP contribution in [0.25, 0.3) is 0 Å². The smallest absolute Gasteiger partial charge is 0.317 e. The summed E-state index contributed by atoms with van der Waals surface area (Å²) in [7, 11) is 0. The van der Waals surface area contributed by atoms with E-state index in [2.05, 4.69) is 35.3 Å². The Hall–Kier alpha value is -1.40. The molecule has 5 nitrogen and oxygen atoms in total. The molecule has 0 bridgehead atoms. The fourth-order valence-electron chi connectivity index (χ4n) is 3.17. The van der Waals surface area contributed by atoms with Gasteiger partial charge in [-0.2, -0.15) is 0 Å². The number of amides is 2. The Bertz CT molecular complexity index is 536. The van der Waals surface area contributed by atoms with Crippen LogP contribution >= 0.6 is 11.8 Å². The van der Waals surface area contributed by atoms with Crippen LogP contribution in [-0.4, -0.2) is 48.9 Å². The fraction of sp³-hybridized carbons (Fsp3) is 0.533. The molecule has 6 heteroatoms. The normalized spacial score (nSPS) is 21.4. The molecule has 2 fully saturated rings. The highest BCUT2D eigenvalue weighted by molar-refractivity contribution is 7.99. The molecule has 3 N–H and O–H groups in total. The van der Waals surface area contributed by atoms with E-state index in [1.165, 1.54) is 16.1 Å². The number of fused-ring (bicyclic) bond motifs is 1. The van der Waals surface area contributed by atoms with Gasteiger partial charge in [-0.05, 0) is 17.9 Å². The van der Waals surface area contributed by atoms with Crippen LogP contribution in [0.2, 0.25) is 0 Å². The molecule has 21 heavy (non-hydrogen) atoms. The van der Waals surface area contributed by atoms with Crippen LogP contribution in [0.4, 0.5) is 10.5 Å². The number of thioether (sulfide) groups is 1. The predicted octanol–water partition coefficient (Wildman–Crippen LogP) is 1.47. The van der Waals surface area contributed by atoms with Crippen LogP contribution < -0.4 is 16.0 Å². The average Bonchev–Trinajstić information content (AvgIpc) is 2.88. The summed E-state index contributed by atoms with van der Waals surface area (Å²) in [5.74, 6) is 1.05. The number of rotatable bonds is 4. The molecule has 2 amide bonds. The fourth-order valence-corrected chi connectivity index (χ4v) is 4.02. The first-order chi connectivity index (χ1) is 10.2. The molecular formula is C15H22N4OS. The number of nitrogens with two attached hydrogens (primary N) is 1. The highest BCUT2D eigenvalue weighted by Crippen LogP contribution is 2.32. The van der Waals surface area contributed by atoms with E-state index in [1.807, 2.05) is 16.7 Å². The molecule has 0 aromatic heterocycles. The van der Waals surface area contributed by atoms with E-state index < -0.39 is 0 Å². The summed E-state index contributed by atoms with van der Waals surface area (Å²) in [5, 5.41) is 2.93. The Labute approximate surface area is 129 Å². The number of carbonyl (C=O) groups excluding carboxylic acids is 1. The SMILES string of the molecule is CCSc1cccc(N2CCN3C(=O)NCC3C2)c1CN. The zero-order chi connectivity index (χ0) is 14.8. The average molecular weight is 306 g/mol. The van der Waals surface area contributed by atoms with Crippen molar-refractivity contribution in [2.24, 2.45) is 5.73 Å². The predicted molar refractivity (Wildman–Crippen MR) is 86.8 cm³/mol. The van der Waals surface area contributed by atoms with Gasteiger partial charge in [0.15, 0.2) is 0 Å². The minimum absolute atomic E-state index is 0.0778. The van der Waals surface area contributed by atoms with Gasteiger partial charge in [-0.1, -0.05) is 13.0 Å². The lowest BCUT2D eigenvalue weighted by Gasteiger charge is -2.38. The Morgan fingerprint density at radius 2 is 2.29 bits per heavy atom. The summed E-state index contributed by atoms with van der Waals surface area (Å²) >= 11 is 1.84. The van der Waals surface area contributed by atoms with E-state index in [4.69, 9.17) is 5.73 Å². The standard InChI is InChI=1S/C15H22N4OS/c1-2-21-14-5-3-4-13(12(14)8-16)18-6-7-19-11(10-18)9-17-15(19)20/h3-5,11H,2,6-10,16H2,1H3,(H,17,20). The quantitative estimate of drug-likeness (QED) is 0.827. The van der Waals surface area contributed by atoms with Crippen molar-refractivity contribution in [1.82, 2.24) is 10.2 Å². The molecule has 0 radical (unpaired) electrons. The number of benzene rings is 1. The highest BCUT2D eigenvalue weighted by atomic mass is 32.2. The molecule has 1 aromatic rings. The zero-order valence-corrected chi connectivity index (χ0v) is 13.2.